The Morgan fingerprint density at radius 1 is 1.64 bits per heavy atom. The molecular formula is C9H8N2O3. The Labute approximate surface area is 79.6 Å². The number of furan rings is 1. The highest BCUT2D eigenvalue weighted by Gasteiger charge is 2.10. The highest BCUT2D eigenvalue weighted by atomic mass is 16.4. The van der Waals surface area contributed by atoms with Gasteiger partial charge in [0.1, 0.15) is 11.5 Å². The molecule has 1 N–H and O–H groups in total. The van der Waals surface area contributed by atoms with Crippen molar-refractivity contribution in [3.63, 3.8) is 0 Å². The molecule has 0 saturated carbocycles. The van der Waals surface area contributed by atoms with Crippen molar-refractivity contribution in [1.82, 2.24) is 9.55 Å². The van der Waals surface area contributed by atoms with Crippen LogP contribution in [0.3, 0.4) is 0 Å². The molecule has 0 bridgehead atoms. The predicted molar refractivity (Wildman–Crippen MR) is 47.0 cm³/mol. The van der Waals surface area contributed by atoms with E-state index >= 15 is 0 Å². The fourth-order valence-electron chi connectivity index (χ4n) is 1.20. The van der Waals surface area contributed by atoms with Crippen LogP contribution in [-0.4, -0.2) is 20.6 Å². The Hall–Kier alpha value is -2.04. The number of hydrogen-bond donors (Lipinski definition) is 1. The second-order valence-corrected chi connectivity index (χ2v) is 2.79. The van der Waals surface area contributed by atoms with Crippen molar-refractivity contribution in [3.05, 3.63) is 42.4 Å². The first kappa shape index (κ1) is 8.55. The summed E-state index contributed by atoms with van der Waals surface area (Å²) in [6.45, 7) is 0.384. The summed E-state index contributed by atoms with van der Waals surface area (Å²) < 4.78 is 6.62. The number of aromatic carboxylic acids is 1. The molecule has 0 unspecified atom stereocenters. The molecule has 0 atom stereocenters. The zero-order valence-corrected chi connectivity index (χ0v) is 7.25. The summed E-state index contributed by atoms with van der Waals surface area (Å²) >= 11 is 0. The number of nitrogens with zero attached hydrogens (tertiary/aromatic N) is 2. The van der Waals surface area contributed by atoms with Crippen LogP contribution in [0.2, 0.25) is 0 Å². The lowest BCUT2D eigenvalue weighted by atomic mass is 10.4. The van der Waals surface area contributed by atoms with Gasteiger partial charge in [-0.25, -0.2) is 9.78 Å². The molecule has 2 aromatic rings. The van der Waals surface area contributed by atoms with E-state index in [4.69, 9.17) is 9.52 Å². The molecule has 5 nitrogen and oxygen atoms in total. The van der Waals surface area contributed by atoms with Crippen molar-refractivity contribution in [2.24, 2.45) is 0 Å². The average molecular weight is 192 g/mol. The summed E-state index contributed by atoms with van der Waals surface area (Å²) in [7, 11) is 0. The van der Waals surface area contributed by atoms with E-state index in [-0.39, 0.29) is 5.69 Å². The van der Waals surface area contributed by atoms with Crippen LogP contribution in [0.25, 0.3) is 0 Å². The van der Waals surface area contributed by atoms with Crippen molar-refractivity contribution in [2.45, 2.75) is 6.54 Å². The minimum absolute atomic E-state index is 0.154. The number of carboxylic acids is 1. The van der Waals surface area contributed by atoms with E-state index < -0.39 is 5.97 Å². The van der Waals surface area contributed by atoms with Gasteiger partial charge in [-0.2, -0.15) is 0 Å². The Kier molecular flexibility index (Phi) is 2.06. The smallest absolute Gasteiger partial charge is 0.354 e. The second kappa shape index (κ2) is 3.37. The molecule has 2 aromatic heterocycles. The molecule has 2 rings (SSSR count). The Bertz CT molecular complexity index is 431. The van der Waals surface area contributed by atoms with Crippen LogP contribution in [0, 0.1) is 0 Å². The first-order valence-electron chi connectivity index (χ1n) is 4.03. The summed E-state index contributed by atoms with van der Waals surface area (Å²) in [4.78, 5) is 14.5. The van der Waals surface area contributed by atoms with Gasteiger partial charge in [0, 0.05) is 0 Å². The molecule has 0 aliphatic carbocycles. The van der Waals surface area contributed by atoms with Crippen LogP contribution in [0.5, 0.6) is 0 Å². The van der Waals surface area contributed by atoms with Crippen molar-refractivity contribution in [1.29, 1.82) is 0 Å². The largest absolute Gasteiger partial charge is 0.477 e. The molecule has 2 heterocycles. The van der Waals surface area contributed by atoms with Crippen LogP contribution in [-0.2, 0) is 6.54 Å². The highest BCUT2D eigenvalue weighted by Crippen LogP contribution is 2.06. The lowest BCUT2D eigenvalue weighted by Crippen LogP contribution is -2.07. The third kappa shape index (κ3) is 1.52. The van der Waals surface area contributed by atoms with Crippen LogP contribution < -0.4 is 0 Å². The first-order valence-corrected chi connectivity index (χ1v) is 4.03. The van der Waals surface area contributed by atoms with Gasteiger partial charge in [-0.15, -0.1) is 0 Å². The summed E-state index contributed by atoms with van der Waals surface area (Å²) in [5.74, 6) is -0.292. The van der Waals surface area contributed by atoms with Gasteiger partial charge in [0.05, 0.1) is 25.3 Å². The van der Waals surface area contributed by atoms with E-state index in [2.05, 4.69) is 4.98 Å². The molecule has 0 amide bonds. The number of hydrogen-bond acceptors (Lipinski definition) is 3. The van der Waals surface area contributed by atoms with Crippen LogP contribution in [0.15, 0.2) is 35.3 Å². The van der Waals surface area contributed by atoms with E-state index in [1.807, 2.05) is 0 Å². The number of aromatic nitrogens is 2. The van der Waals surface area contributed by atoms with Gasteiger partial charge in [-0.3, -0.25) is 0 Å². The SMILES string of the molecule is O=C(O)c1cncn1Cc1ccco1. The van der Waals surface area contributed by atoms with Crippen molar-refractivity contribution >= 4 is 5.97 Å². The van der Waals surface area contributed by atoms with E-state index in [1.54, 1.807) is 18.4 Å². The second-order valence-electron chi connectivity index (χ2n) is 2.79. The van der Waals surface area contributed by atoms with Gasteiger partial charge < -0.3 is 14.1 Å². The summed E-state index contributed by atoms with van der Waals surface area (Å²) in [6.07, 6.45) is 4.32. The lowest BCUT2D eigenvalue weighted by Gasteiger charge is -2.01. The molecule has 0 saturated heterocycles. The number of imidazole rings is 1. The lowest BCUT2D eigenvalue weighted by molar-refractivity contribution is 0.0685. The molecule has 0 fully saturated rings. The minimum Gasteiger partial charge on any atom is -0.477 e. The normalized spacial score (nSPS) is 10.3. The number of carbonyl (C=O) groups is 1. The third-order valence-corrected chi connectivity index (χ3v) is 1.84. The van der Waals surface area contributed by atoms with Gasteiger partial charge in [0.25, 0.3) is 0 Å². The van der Waals surface area contributed by atoms with Crippen molar-refractivity contribution in [2.75, 3.05) is 0 Å². The van der Waals surface area contributed by atoms with E-state index in [0.29, 0.717) is 12.3 Å². The highest BCUT2D eigenvalue weighted by molar-refractivity contribution is 5.85. The zero-order chi connectivity index (χ0) is 9.97. The van der Waals surface area contributed by atoms with Crippen molar-refractivity contribution in [3.8, 4) is 0 Å². The molecule has 0 aliphatic rings. The first-order chi connectivity index (χ1) is 6.77. The molecule has 0 spiro atoms. The number of rotatable bonds is 3. The van der Waals surface area contributed by atoms with Crippen molar-refractivity contribution < 1.29 is 14.3 Å². The summed E-state index contributed by atoms with van der Waals surface area (Å²) in [6, 6.07) is 3.54. The Balaban J connectivity index is 2.25. The minimum atomic E-state index is -0.992. The fraction of sp³-hybridized carbons (Fsp3) is 0.111. The van der Waals surface area contributed by atoms with Gasteiger partial charge in [0.15, 0.2) is 0 Å². The van der Waals surface area contributed by atoms with Gasteiger partial charge in [0.2, 0.25) is 0 Å². The topological polar surface area (TPSA) is 68.3 Å². The average Bonchev–Trinajstić information content (AvgIpc) is 2.75. The monoisotopic (exact) mass is 192 g/mol. The Morgan fingerprint density at radius 2 is 2.50 bits per heavy atom. The summed E-state index contributed by atoms with van der Waals surface area (Å²) in [5, 5.41) is 8.79. The van der Waals surface area contributed by atoms with Crippen LogP contribution in [0.4, 0.5) is 0 Å². The molecule has 0 radical (unpaired) electrons. The molecule has 5 heteroatoms. The summed E-state index contributed by atoms with van der Waals surface area (Å²) in [5.41, 5.74) is 0.154. The molecule has 14 heavy (non-hydrogen) atoms. The molecule has 72 valence electrons. The maximum atomic E-state index is 10.7. The Morgan fingerprint density at radius 3 is 3.14 bits per heavy atom. The van der Waals surface area contributed by atoms with E-state index in [1.165, 1.54) is 17.1 Å². The van der Waals surface area contributed by atoms with E-state index in [0.717, 1.165) is 0 Å². The standard InChI is InChI=1S/C9H8N2O3/c12-9(13)8-4-10-6-11(8)5-7-2-1-3-14-7/h1-4,6H,5H2,(H,12,13). The van der Waals surface area contributed by atoms with Gasteiger partial charge in [-0.1, -0.05) is 0 Å². The van der Waals surface area contributed by atoms with Gasteiger partial charge >= 0.3 is 5.97 Å². The zero-order valence-electron chi connectivity index (χ0n) is 7.25. The molecular weight excluding hydrogens is 184 g/mol. The quantitative estimate of drug-likeness (QED) is 0.793. The molecule has 0 aliphatic heterocycles. The van der Waals surface area contributed by atoms with Crippen LogP contribution in [0.1, 0.15) is 16.2 Å². The maximum absolute atomic E-state index is 10.7. The third-order valence-electron chi connectivity index (χ3n) is 1.84. The van der Waals surface area contributed by atoms with Gasteiger partial charge in [-0.05, 0) is 12.1 Å². The fourth-order valence-corrected chi connectivity index (χ4v) is 1.20. The van der Waals surface area contributed by atoms with E-state index in [9.17, 15) is 4.79 Å². The maximum Gasteiger partial charge on any atom is 0.354 e. The molecule has 0 aromatic carbocycles. The predicted octanol–water partition coefficient (Wildman–Crippen LogP) is 1.22. The van der Waals surface area contributed by atoms with Crippen LogP contribution >= 0.6 is 0 Å². The number of carboxylic acid groups (broad SMARTS) is 1.